The first-order valence-electron chi connectivity index (χ1n) is 4.53. The average molecular weight is 214 g/mol. The zero-order chi connectivity index (χ0) is 11.6. The van der Waals surface area contributed by atoms with Gasteiger partial charge < -0.3 is 5.11 Å². The highest BCUT2D eigenvalue weighted by atomic mass is 19.3. The number of alkyl halides is 2. The van der Waals surface area contributed by atoms with E-state index < -0.39 is 17.8 Å². The van der Waals surface area contributed by atoms with Crippen LogP contribution in [-0.2, 0) is 10.7 Å². The minimum Gasteiger partial charge on any atom is -0.481 e. The molecule has 1 N–H and O–H groups in total. The van der Waals surface area contributed by atoms with E-state index >= 15 is 0 Å². The zero-order valence-corrected chi connectivity index (χ0v) is 8.50. The molecule has 1 rings (SSSR count). The molecule has 0 fully saturated rings. The Kier molecular flexibility index (Phi) is 3.07. The lowest BCUT2D eigenvalue weighted by Gasteiger charge is -2.13. The van der Waals surface area contributed by atoms with Gasteiger partial charge in [-0.15, -0.1) is 0 Å². The van der Waals surface area contributed by atoms with Crippen LogP contribution in [0.3, 0.4) is 0 Å². The van der Waals surface area contributed by atoms with Gasteiger partial charge in [0.05, 0.1) is 5.92 Å². The number of halogens is 2. The number of hydrogen-bond acceptors (Lipinski definition) is 1. The highest BCUT2D eigenvalue weighted by Crippen LogP contribution is 2.29. The van der Waals surface area contributed by atoms with E-state index in [0.29, 0.717) is 5.56 Å². The highest BCUT2D eigenvalue weighted by molar-refractivity contribution is 5.75. The molecule has 0 bridgehead atoms. The molecule has 1 aromatic rings. The predicted octanol–water partition coefficient (Wildman–Crippen LogP) is 2.99. The minimum atomic E-state index is -2.94. The number of carboxylic acids is 1. The van der Waals surface area contributed by atoms with Gasteiger partial charge in [-0.3, -0.25) is 4.79 Å². The van der Waals surface area contributed by atoms with Crippen molar-refractivity contribution in [1.29, 1.82) is 0 Å². The van der Waals surface area contributed by atoms with Crippen molar-refractivity contribution in [2.75, 3.05) is 0 Å². The van der Waals surface area contributed by atoms with E-state index in [2.05, 4.69) is 0 Å². The molecule has 15 heavy (non-hydrogen) atoms. The average Bonchev–Trinajstić information content (AvgIpc) is 2.15. The molecule has 0 saturated carbocycles. The van der Waals surface area contributed by atoms with Crippen LogP contribution in [-0.4, -0.2) is 11.1 Å². The van der Waals surface area contributed by atoms with E-state index in [1.165, 1.54) is 31.2 Å². The summed E-state index contributed by atoms with van der Waals surface area (Å²) in [7, 11) is 0. The second-order valence-corrected chi connectivity index (χ2v) is 3.57. The third kappa shape index (κ3) is 2.75. The molecule has 0 aliphatic rings. The molecule has 82 valence electrons. The Morgan fingerprint density at radius 3 is 2.53 bits per heavy atom. The van der Waals surface area contributed by atoms with Gasteiger partial charge in [-0.1, -0.05) is 18.2 Å². The molecule has 1 aromatic carbocycles. The molecule has 2 nitrogen and oxygen atoms in total. The van der Waals surface area contributed by atoms with Crippen LogP contribution < -0.4 is 0 Å². The van der Waals surface area contributed by atoms with Crippen molar-refractivity contribution in [1.82, 2.24) is 0 Å². The number of rotatable bonds is 3. The SMILES string of the molecule is CC(C(=O)O)c1cccc(C(C)(F)F)c1. The zero-order valence-electron chi connectivity index (χ0n) is 8.50. The fourth-order valence-electron chi connectivity index (χ4n) is 1.22. The first-order chi connectivity index (χ1) is 6.82. The number of carbonyl (C=O) groups is 1. The van der Waals surface area contributed by atoms with Gasteiger partial charge in [0.2, 0.25) is 0 Å². The lowest BCUT2D eigenvalue weighted by Crippen LogP contribution is -2.11. The van der Waals surface area contributed by atoms with Crippen molar-refractivity contribution in [2.24, 2.45) is 0 Å². The summed E-state index contributed by atoms with van der Waals surface area (Å²) in [4.78, 5) is 10.7. The van der Waals surface area contributed by atoms with Crippen molar-refractivity contribution >= 4 is 5.97 Å². The topological polar surface area (TPSA) is 37.3 Å². The van der Waals surface area contributed by atoms with Crippen molar-refractivity contribution in [3.05, 3.63) is 35.4 Å². The van der Waals surface area contributed by atoms with Crippen LogP contribution in [0.15, 0.2) is 24.3 Å². The van der Waals surface area contributed by atoms with E-state index in [4.69, 9.17) is 5.11 Å². The van der Waals surface area contributed by atoms with Crippen LogP contribution in [0.2, 0.25) is 0 Å². The summed E-state index contributed by atoms with van der Waals surface area (Å²) in [5, 5.41) is 8.74. The number of hydrogen-bond donors (Lipinski definition) is 1. The number of benzene rings is 1. The Morgan fingerprint density at radius 2 is 2.07 bits per heavy atom. The van der Waals surface area contributed by atoms with Gasteiger partial charge in [0.25, 0.3) is 5.92 Å². The molecule has 0 amide bonds. The van der Waals surface area contributed by atoms with E-state index in [1.54, 1.807) is 0 Å². The smallest absolute Gasteiger partial charge is 0.310 e. The van der Waals surface area contributed by atoms with Crippen LogP contribution in [0, 0.1) is 0 Å². The van der Waals surface area contributed by atoms with Crippen molar-refractivity contribution in [3.63, 3.8) is 0 Å². The molecular formula is C11H12F2O2. The van der Waals surface area contributed by atoms with Crippen LogP contribution >= 0.6 is 0 Å². The van der Waals surface area contributed by atoms with Gasteiger partial charge in [-0.25, -0.2) is 8.78 Å². The summed E-state index contributed by atoms with van der Waals surface area (Å²) in [6.07, 6.45) is 0. The van der Waals surface area contributed by atoms with Gasteiger partial charge in [0, 0.05) is 12.5 Å². The second kappa shape index (κ2) is 3.96. The molecule has 0 heterocycles. The van der Waals surface area contributed by atoms with Gasteiger partial charge in [0.1, 0.15) is 0 Å². The molecule has 0 aliphatic carbocycles. The fraction of sp³-hybridized carbons (Fsp3) is 0.364. The van der Waals surface area contributed by atoms with Crippen molar-refractivity contribution in [2.45, 2.75) is 25.7 Å². The molecule has 4 heteroatoms. The summed E-state index contributed by atoms with van der Waals surface area (Å²) in [6.45, 7) is 2.26. The molecule has 0 spiro atoms. The Balaban J connectivity index is 3.08. The Bertz CT molecular complexity index is 369. The summed E-state index contributed by atoms with van der Waals surface area (Å²) in [5.41, 5.74) is 0.231. The van der Waals surface area contributed by atoms with E-state index in [1.807, 2.05) is 0 Å². The molecule has 1 unspecified atom stereocenters. The maximum Gasteiger partial charge on any atom is 0.310 e. The molecule has 0 aliphatic heterocycles. The first-order valence-corrected chi connectivity index (χ1v) is 4.53. The number of aliphatic carboxylic acids is 1. The molecule has 0 aromatic heterocycles. The van der Waals surface area contributed by atoms with Crippen LogP contribution in [0.4, 0.5) is 8.78 Å². The maximum atomic E-state index is 13.0. The maximum absolute atomic E-state index is 13.0. The van der Waals surface area contributed by atoms with Crippen molar-refractivity contribution < 1.29 is 18.7 Å². The Morgan fingerprint density at radius 1 is 1.47 bits per heavy atom. The predicted molar refractivity (Wildman–Crippen MR) is 52.1 cm³/mol. The Labute approximate surface area is 86.5 Å². The second-order valence-electron chi connectivity index (χ2n) is 3.57. The third-order valence-corrected chi connectivity index (χ3v) is 2.26. The lowest BCUT2D eigenvalue weighted by molar-refractivity contribution is -0.138. The molecule has 0 radical (unpaired) electrons. The van der Waals surface area contributed by atoms with Crippen LogP contribution in [0.5, 0.6) is 0 Å². The van der Waals surface area contributed by atoms with Gasteiger partial charge >= 0.3 is 5.97 Å². The quantitative estimate of drug-likeness (QED) is 0.839. The van der Waals surface area contributed by atoms with Crippen LogP contribution in [0.1, 0.15) is 30.9 Å². The standard InChI is InChI=1S/C11H12F2O2/c1-7(10(14)15)8-4-3-5-9(6-8)11(2,12)13/h3-7H,1-2H3,(H,14,15). The normalized spacial score (nSPS) is 13.6. The van der Waals surface area contributed by atoms with Crippen molar-refractivity contribution in [3.8, 4) is 0 Å². The van der Waals surface area contributed by atoms with E-state index in [-0.39, 0.29) is 5.56 Å². The fourth-order valence-corrected chi connectivity index (χ4v) is 1.22. The highest BCUT2D eigenvalue weighted by Gasteiger charge is 2.25. The monoisotopic (exact) mass is 214 g/mol. The number of carboxylic acid groups (broad SMARTS) is 1. The largest absolute Gasteiger partial charge is 0.481 e. The van der Waals surface area contributed by atoms with Gasteiger partial charge in [-0.05, 0) is 18.6 Å². The van der Waals surface area contributed by atoms with E-state index in [9.17, 15) is 13.6 Å². The van der Waals surface area contributed by atoms with E-state index in [0.717, 1.165) is 6.92 Å². The minimum absolute atomic E-state index is 0.159. The third-order valence-electron chi connectivity index (χ3n) is 2.26. The summed E-state index contributed by atoms with van der Waals surface area (Å²) in [6, 6.07) is 5.51. The summed E-state index contributed by atoms with van der Waals surface area (Å²) in [5.74, 6) is -4.73. The molecule has 0 saturated heterocycles. The van der Waals surface area contributed by atoms with Gasteiger partial charge in [-0.2, -0.15) is 0 Å². The molecule has 1 atom stereocenters. The Hall–Kier alpha value is -1.45. The van der Waals surface area contributed by atoms with Crippen LogP contribution in [0.25, 0.3) is 0 Å². The lowest BCUT2D eigenvalue weighted by atomic mass is 9.97. The molecular weight excluding hydrogens is 202 g/mol. The summed E-state index contributed by atoms with van der Waals surface area (Å²) >= 11 is 0. The summed E-state index contributed by atoms with van der Waals surface area (Å²) < 4.78 is 25.9. The van der Waals surface area contributed by atoms with Gasteiger partial charge in [0.15, 0.2) is 0 Å². The first kappa shape index (κ1) is 11.6.